The molecule has 0 aliphatic rings. The number of aromatic nitrogens is 1. The Labute approximate surface area is 149 Å². The van der Waals surface area contributed by atoms with Crippen molar-refractivity contribution in [2.45, 2.75) is 40.7 Å². The zero-order chi connectivity index (χ0) is 18.2. The van der Waals surface area contributed by atoms with Gasteiger partial charge in [-0.3, -0.25) is 0 Å². The number of guanidine groups is 1. The highest BCUT2D eigenvalue weighted by Crippen LogP contribution is 2.16. The number of thiazole rings is 1. The standard InChI is InChI=1S/C15H29N5O2S2/c1-6-16-15(18-11-14-19-12(3)13(4)23-14)17-9-8-10-20(7-2)24(5,21)22/h6-11H2,1-5H3,(H2,16,17,18). The van der Waals surface area contributed by atoms with Crippen LogP contribution < -0.4 is 10.6 Å². The summed E-state index contributed by atoms with van der Waals surface area (Å²) in [6.45, 7) is 10.9. The van der Waals surface area contributed by atoms with Crippen LogP contribution in [0, 0.1) is 13.8 Å². The molecule has 138 valence electrons. The van der Waals surface area contributed by atoms with Crippen LogP contribution in [0.2, 0.25) is 0 Å². The minimum Gasteiger partial charge on any atom is -0.357 e. The van der Waals surface area contributed by atoms with Crippen molar-refractivity contribution in [3.05, 3.63) is 15.6 Å². The molecular weight excluding hydrogens is 346 g/mol. The van der Waals surface area contributed by atoms with Gasteiger partial charge in [-0.05, 0) is 27.2 Å². The summed E-state index contributed by atoms with van der Waals surface area (Å²) in [5, 5.41) is 7.42. The van der Waals surface area contributed by atoms with Gasteiger partial charge < -0.3 is 10.6 Å². The summed E-state index contributed by atoms with van der Waals surface area (Å²) >= 11 is 1.67. The van der Waals surface area contributed by atoms with Crippen molar-refractivity contribution in [3.8, 4) is 0 Å². The quantitative estimate of drug-likeness (QED) is 0.388. The second kappa shape index (κ2) is 9.95. The number of aryl methyl sites for hydroxylation is 2. The Morgan fingerprint density at radius 3 is 2.50 bits per heavy atom. The van der Waals surface area contributed by atoms with Gasteiger partial charge in [-0.2, -0.15) is 0 Å². The van der Waals surface area contributed by atoms with E-state index in [0.717, 1.165) is 29.6 Å². The minimum atomic E-state index is -3.12. The average Bonchev–Trinajstić information content (AvgIpc) is 2.82. The van der Waals surface area contributed by atoms with Crippen LogP contribution in [-0.2, 0) is 16.6 Å². The van der Waals surface area contributed by atoms with E-state index in [1.54, 1.807) is 11.3 Å². The van der Waals surface area contributed by atoms with E-state index >= 15 is 0 Å². The van der Waals surface area contributed by atoms with Crippen LogP contribution in [0.1, 0.15) is 35.8 Å². The molecule has 0 amide bonds. The van der Waals surface area contributed by atoms with Crippen LogP contribution in [0.25, 0.3) is 0 Å². The molecule has 0 aliphatic heterocycles. The van der Waals surface area contributed by atoms with Crippen molar-refractivity contribution in [1.29, 1.82) is 0 Å². The molecule has 0 aliphatic carbocycles. The smallest absolute Gasteiger partial charge is 0.211 e. The first-order chi connectivity index (χ1) is 11.3. The molecule has 1 aromatic heterocycles. The normalized spacial score (nSPS) is 12.7. The largest absolute Gasteiger partial charge is 0.357 e. The van der Waals surface area contributed by atoms with Gasteiger partial charge in [0, 0.05) is 31.1 Å². The highest BCUT2D eigenvalue weighted by molar-refractivity contribution is 7.88. The predicted octanol–water partition coefficient (Wildman–Crippen LogP) is 1.49. The molecule has 0 aromatic carbocycles. The molecule has 0 radical (unpaired) electrons. The van der Waals surface area contributed by atoms with Crippen LogP contribution in [0.15, 0.2) is 4.99 Å². The van der Waals surface area contributed by atoms with Gasteiger partial charge >= 0.3 is 0 Å². The molecule has 9 heteroatoms. The first kappa shape index (κ1) is 20.9. The number of nitrogens with zero attached hydrogens (tertiary/aromatic N) is 3. The van der Waals surface area contributed by atoms with Gasteiger partial charge in [-0.25, -0.2) is 22.7 Å². The fraction of sp³-hybridized carbons (Fsp3) is 0.733. The Morgan fingerprint density at radius 2 is 2.00 bits per heavy atom. The summed E-state index contributed by atoms with van der Waals surface area (Å²) in [6, 6.07) is 0. The van der Waals surface area contributed by atoms with E-state index in [1.807, 2.05) is 20.8 Å². The maximum absolute atomic E-state index is 11.5. The number of rotatable bonds is 9. The fourth-order valence-electron chi connectivity index (χ4n) is 2.12. The number of aliphatic imine (C=N–C) groups is 1. The van der Waals surface area contributed by atoms with Gasteiger partial charge in [0.25, 0.3) is 0 Å². The lowest BCUT2D eigenvalue weighted by molar-refractivity contribution is 0.424. The second-order valence-corrected chi connectivity index (χ2v) is 8.75. The molecule has 0 bridgehead atoms. The summed E-state index contributed by atoms with van der Waals surface area (Å²) < 4.78 is 24.6. The van der Waals surface area contributed by atoms with Crippen molar-refractivity contribution in [2.24, 2.45) is 4.99 Å². The molecule has 0 atom stereocenters. The monoisotopic (exact) mass is 375 g/mol. The molecule has 0 unspecified atom stereocenters. The summed E-state index contributed by atoms with van der Waals surface area (Å²) in [5.41, 5.74) is 1.06. The Bertz CT molecular complexity index is 621. The van der Waals surface area contributed by atoms with Crippen LogP contribution in [0.4, 0.5) is 0 Å². The Balaban J connectivity index is 2.49. The number of hydrogen-bond donors (Lipinski definition) is 2. The van der Waals surface area contributed by atoms with Gasteiger partial charge in [0.1, 0.15) is 5.01 Å². The second-order valence-electron chi connectivity index (χ2n) is 5.48. The average molecular weight is 376 g/mol. The number of sulfonamides is 1. The molecule has 0 spiro atoms. The van der Waals surface area contributed by atoms with Crippen molar-refractivity contribution >= 4 is 27.3 Å². The molecule has 0 saturated heterocycles. The van der Waals surface area contributed by atoms with Crippen molar-refractivity contribution in [2.75, 3.05) is 32.4 Å². The number of hydrogen-bond acceptors (Lipinski definition) is 5. The third-order valence-electron chi connectivity index (χ3n) is 3.49. The van der Waals surface area contributed by atoms with Gasteiger partial charge in [0.2, 0.25) is 10.0 Å². The Morgan fingerprint density at radius 1 is 1.29 bits per heavy atom. The van der Waals surface area contributed by atoms with Gasteiger partial charge in [-0.1, -0.05) is 6.92 Å². The SMILES string of the molecule is CCNC(=NCc1nc(C)c(C)s1)NCCCN(CC)S(C)(=O)=O. The van der Waals surface area contributed by atoms with Crippen molar-refractivity contribution in [1.82, 2.24) is 19.9 Å². The van der Waals surface area contributed by atoms with E-state index in [0.29, 0.717) is 26.2 Å². The van der Waals surface area contributed by atoms with E-state index in [-0.39, 0.29) is 0 Å². The number of nitrogens with one attached hydrogen (secondary N) is 2. The zero-order valence-corrected chi connectivity index (χ0v) is 16.9. The van der Waals surface area contributed by atoms with Crippen LogP contribution in [0.5, 0.6) is 0 Å². The maximum atomic E-state index is 11.5. The topological polar surface area (TPSA) is 86.7 Å². The molecule has 1 heterocycles. The molecule has 1 rings (SSSR count). The van der Waals surface area contributed by atoms with E-state index < -0.39 is 10.0 Å². The molecule has 2 N–H and O–H groups in total. The molecule has 24 heavy (non-hydrogen) atoms. The highest BCUT2D eigenvalue weighted by atomic mass is 32.2. The summed E-state index contributed by atoms with van der Waals surface area (Å²) in [5.74, 6) is 0.727. The maximum Gasteiger partial charge on any atom is 0.211 e. The van der Waals surface area contributed by atoms with Crippen molar-refractivity contribution < 1.29 is 8.42 Å². The van der Waals surface area contributed by atoms with Crippen LogP contribution >= 0.6 is 11.3 Å². The summed E-state index contributed by atoms with van der Waals surface area (Å²) in [7, 11) is -3.12. The lowest BCUT2D eigenvalue weighted by Gasteiger charge is -2.18. The van der Waals surface area contributed by atoms with Gasteiger partial charge in [0.05, 0.1) is 18.5 Å². The van der Waals surface area contributed by atoms with E-state index in [2.05, 4.69) is 27.5 Å². The fourth-order valence-corrected chi connectivity index (χ4v) is 3.90. The van der Waals surface area contributed by atoms with Crippen molar-refractivity contribution in [3.63, 3.8) is 0 Å². The molecular formula is C15H29N5O2S2. The summed E-state index contributed by atoms with van der Waals surface area (Å²) in [6.07, 6.45) is 1.97. The molecule has 7 nitrogen and oxygen atoms in total. The van der Waals surface area contributed by atoms with Gasteiger partial charge in [0.15, 0.2) is 5.96 Å². The molecule has 0 fully saturated rings. The van der Waals surface area contributed by atoms with Crippen LogP contribution in [-0.4, -0.2) is 56.1 Å². The Hall–Kier alpha value is -1.19. The third-order valence-corrected chi connectivity index (χ3v) is 5.92. The van der Waals surface area contributed by atoms with E-state index in [9.17, 15) is 8.42 Å². The molecule has 0 saturated carbocycles. The lowest BCUT2D eigenvalue weighted by Crippen LogP contribution is -2.39. The first-order valence-corrected chi connectivity index (χ1v) is 10.8. The minimum absolute atomic E-state index is 0.496. The van der Waals surface area contributed by atoms with E-state index in [1.165, 1.54) is 15.4 Å². The first-order valence-electron chi connectivity index (χ1n) is 8.18. The third kappa shape index (κ3) is 7.14. The predicted molar refractivity (Wildman–Crippen MR) is 101 cm³/mol. The highest BCUT2D eigenvalue weighted by Gasteiger charge is 2.13. The van der Waals surface area contributed by atoms with E-state index in [4.69, 9.17) is 0 Å². The van der Waals surface area contributed by atoms with Crippen LogP contribution in [0.3, 0.4) is 0 Å². The van der Waals surface area contributed by atoms with Gasteiger partial charge in [-0.15, -0.1) is 11.3 Å². The summed E-state index contributed by atoms with van der Waals surface area (Å²) in [4.78, 5) is 10.2. The zero-order valence-electron chi connectivity index (χ0n) is 15.2. The Kier molecular flexibility index (Phi) is 8.65. The molecule has 1 aromatic rings. The lowest BCUT2D eigenvalue weighted by atomic mass is 10.4.